The van der Waals surface area contributed by atoms with Gasteiger partial charge in [0.05, 0.1) is 5.92 Å². The van der Waals surface area contributed by atoms with Gasteiger partial charge in [-0.25, -0.2) is 4.39 Å². The van der Waals surface area contributed by atoms with Gasteiger partial charge in [0.1, 0.15) is 11.6 Å². The Labute approximate surface area is 202 Å². The topological polar surface area (TPSA) is 87.7 Å². The molecule has 1 saturated heterocycles. The maximum absolute atomic E-state index is 13.0. The van der Waals surface area contributed by atoms with E-state index in [0.717, 1.165) is 11.1 Å². The lowest BCUT2D eigenvalue weighted by atomic mass is 10.1. The second kappa shape index (κ2) is 10.8. The van der Waals surface area contributed by atoms with Gasteiger partial charge >= 0.3 is 0 Å². The summed E-state index contributed by atoms with van der Waals surface area (Å²) < 4.78 is 18.5. The predicted molar refractivity (Wildman–Crippen MR) is 130 cm³/mol. The molecule has 0 aromatic heterocycles. The number of halogens is 1. The van der Waals surface area contributed by atoms with Gasteiger partial charge in [0.2, 0.25) is 11.8 Å². The molecule has 0 bridgehead atoms. The molecule has 4 rings (SSSR count). The Morgan fingerprint density at radius 2 is 1.74 bits per heavy atom. The van der Waals surface area contributed by atoms with Crippen molar-refractivity contribution < 1.29 is 23.5 Å². The van der Waals surface area contributed by atoms with Crippen molar-refractivity contribution in [2.45, 2.75) is 19.9 Å². The van der Waals surface area contributed by atoms with Crippen LogP contribution in [0.3, 0.4) is 0 Å². The SMILES string of the molecule is Cc1ccccc1CNC(=O)C1CC(=O)N(c2ccc(OCC(=O)Nc3ccc(F)cc3)cc2)C1. The molecule has 3 aromatic carbocycles. The number of rotatable bonds is 8. The van der Waals surface area contributed by atoms with Crippen molar-refractivity contribution in [1.29, 1.82) is 0 Å². The number of nitrogens with one attached hydrogen (secondary N) is 2. The van der Waals surface area contributed by atoms with E-state index >= 15 is 0 Å². The maximum Gasteiger partial charge on any atom is 0.262 e. The standard InChI is InChI=1S/C27H26FN3O4/c1-18-4-2-3-5-19(18)15-29-27(34)20-14-26(33)31(16-20)23-10-12-24(13-11-23)35-17-25(32)30-22-8-6-21(28)7-9-22/h2-13,20H,14-17H2,1H3,(H,29,34)(H,30,32). The molecule has 1 fully saturated rings. The molecule has 1 unspecified atom stereocenters. The van der Waals surface area contributed by atoms with Gasteiger partial charge in [0, 0.05) is 30.9 Å². The highest BCUT2D eigenvalue weighted by Gasteiger charge is 2.35. The summed E-state index contributed by atoms with van der Waals surface area (Å²) in [6.45, 7) is 2.51. The minimum atomic E-state index is -0.419. The number of carbonyl (C=O) groups is 3. The summed E-state index contributed by atoms with van der Waals surface area (Å²) in [5, 5.41) is 5.56. The first kappa shape index (κ1) is 23.9. The molecule has 1 heterocycles. The number of carbonyl (C=O) groups excluding carboxylic acids is 3. The summed E-state index contributed by atoms with van der Waals surface area (Å²) in [4.78, 5) is 38.8. The van der Waals surface area contributed by atoms with Gasteiger partial charge in [-0.05, 0) is 66.6 Å². The average Bonchev–Trinajstić information content (AvgIpc) is 3.25. The smallest absolute Gasteiger partial charge is 0.262 e. The van der Waals surface area contributed by atoms with Crippen LogP contribution in [0.25, 0.3) is 0 Å². The number of anilines is 2. The number of benzene rings is 3. The van der Waals surface area contributed by atoms with Crippen molar-refractivity contribution in [3.8, 4) is 5.75 Å². The fourth-order valence-corrected chi connectivity index (χ4v) is 3.87. The predicted octanol–water partition coefficient (Wildman–Crippen LogP) is 3.82. The van der Waals surface area contributed by atoms with Crippen molar-refractivity contribution in [2.24, 2.45) is 5.92 Å². The zero-order chi connectivity index (χ0) is 24.8. The second-order valence-electron chi connectivity index (χ2n) is 8.39. The Bertz CT molecular complexity index is 1210. The lowest BCUT2D eigenvalue weighted by molar-refractivity contribution is -0.126. The highest BCUT2D eigenvalue weighted by Crippen LogP contribution is 2.27. The summed E-state index contributed by atoms with van der Waals surface area (Å²) in [6, 6.07) is 20.1. The van der Waals surface area contributed by atoms with Crippen LogP contribution < -0.4 is 20.3 Å². The third-order valence-electron chi connectivity index (χ3n) is 5.86. The Balaban J connectivity index is 1.27. The molecule has 8 heteroatoms. The summed E-state index contributed by atoms with van der Waals surface area (Å²) in [7, 11) is 0. The third kappa shape index (κ3) is 6.23. The zero-order valence-corrected chi connectivity index (χ0v) is 19.3. The first-order valence-corrected chi connectivity index (χ1v) is 11.3. The highest BCUT2D eigenvalue weighted by molar-refractivity contribution is 6.00. The Morgan fingerprint density at radius 3 is 2.46 bits per heavy atom. The molecule has 2 N–H and O–H groups in total. The normalized spacial score (nSPS) is 15.1. The maximum atomic E-state index is 13.0. The van der Waals surface area contributed by atoms with Crippen LogP contribution in [0.1, 0.15) is 17.5 Å². The zero-order valence-electron chi connectivity index (χ0n) is 19.3. The Kier molecular flexibility index (Phi) is 7.40. The van der Waals surface area contributed by atoms with E-state index in [1.807, 2.05) is 31.2 Å². The van der Waals surface area contributed by atoms with Gasteiger partial charge < -0.3 is 20.3 Å². The molecular weight excluding hydrogens is 449 g/mol. The van der Waals surface area contributed by atoms with E-state index in [1.54, 1.807) is 29.2 Å². The number of hydrogen-bond donors (Lipinski definition) is 2. The van der Waals surface area contributed by atoms with Crippen LogP contribution >= 0.6 is 0 Å². The second-order valence-corrected chi connectivity index (χ2v) is 8.39. The lowest BCUT2D eigenvalue weighted by Crippen LogP contribution is -2.32. The Morgan fingerprint density at radius 1 is 1.03 bits per heavy atom. The first-order valence-electron chi connectivity index (χ1n) is 11.3. The molecule has 3 aromatic rings. The van der Waals surface area contributed by atoms with Gasteiger partial charge in [0.15, 0.2) is 6.61 Å². The molecule has 0 saturated carbocycles. The van der Waals surface area contributed by atoms with E-state index in [-0.39, 0.29) is 36.6 Å². The Hall–Kier alpha value is -4.20. The number of ether oxygens (including phenoxy) is 1. The van der Waals surface area contributed by atoms with Gasteiger partial charge in [-0.15, -0.1) is 0 Å². The van der Waals surface area contributed by atoms with Crippen molar-refractivity contribution >= 4 is 29.1 Å². The monoisotopic (exact) mass is 475 g/mol. The summed E-state index contributed by atoms with van der Waals surface area (Å²) in [5.74, 6) is -0.982. The molecule has 1 aliphatic heterocycles. The van der Waals surface area contributed by atoms with Gasteiger partial charge in [0.25, 0.3) is 5.91 Å². The minimum Gasteiger partial charge on any atom is -0.484 e. The fourth-order valence-electron chi connectivity index (χ4n) is 3.87. The van der Waals surface area contributed by atoms with Crippen molar-refractivity contribution in [3.63, 3.8) is 0 Å². The highest BCUT2D eigenvalue weighted by atomic mass is 19.1. The lowest BCUT2D eigenvalue weighted by Gasteiger charge is -2.17. The number of hydrogen-bond acceptors (Lipinski definition) is 4. The third-order valence-corrected chi connectivity index (χ3v) is 5.86. The van der Waals surface area contributed by atoms with Crippen LogP contribution in [0.5, 0.6) is 5.75 Å². The minimum absolute atomic E-state index is 0.117. The van der Waals surface area contributed by atoms with Crippen LogP contribution in [-0.4, -0.2) is 30.9 Å². The van der Waals surface area contributed by atoms with E-state index < -0.39 is 5.92 Å². The van der Waals surface area contributed by atoms with E-state index in [0.29, 0.717) is 30.2 Å². The summed E-state index contributed by atoms with van der Waals surface area (Å²) >= 11 is 0. The van der Waals surface area contributed by atoms with Crippen LogP contribution in [-0.2, 0) is 20.9 Å². The van der Waals surface area contributed by atoms with Crippen LogP contribution in [0.2, 0.25) is 0 Å². The molecule has 0 aliphatic carbocycles. The quantitative estimate of drug-likeness (QED) is 0.519. The molecule has 7 nitrogen and oxygen atoms in total. The van der Waals surface area contributed by atoms with Crippen molar-refractivity contribution in [2.75, 3.05) is 23.4 Å². The number of aryl methyl sites for hydroxylation is 1. The first-order chi connectivity index (χ1) is 16.9. The van der Waals surface area contributed by atoms with Crippen LogP contribution in [0.15, 0.2) is 72.8 Å². The van der Waals surface area contributed by atoms with Gasteiger partial charge in [-0.3, -0.25) is 14.4 Å². The largest absolute Gasteiger partial charge is 0.484 e. The average molecular weight is 476 g/mol. The molecule has 1 atom stereocenters. The van der Waals surface area contributed by atoms with E-state index in [2.05, 4.69) is 10.6 Å². The fraction of sp³-hybridized carbons (Fsp3) is 0.222. The van der Waals surface area contributed by atoms with Crippen LogP contribution in [0, 0.1) is 18.7 Å². The summed E-state index contributed by atoms with van der Waals surface area (Å²) in [5.41, 5.74) is 3.28. The van der Waals surface area contributed by atoms with Crippen molar-refractivity contribution in [1.82, 2.24) is 5.32 Å². The van der Waals surface area contributed by atoms with Crippen LogP contribution in [0.4, 0.5) is 15.8 Å². The van der Waals surface area contributed by atoms with E-state index in [1.165, 1.54) is 24.3 Å². The number of nitrogens with zero attached hydrogens (tertiary/aromatic N) is 1. The molecule has 1 aliphatic rings. The van der Waals surface area contributed by atoms with E-state index in [4.69, 9.17) is 4.74 Å². The van der Waals surface area contributed by atoms with Crippen molar-refractivity contribution in [3.05, 3.63) is 89.7 Å². The van der Waals surface area contributed by atoms with Gasteiger partial charge in [-0.1, -0.05) is 24.3 Å². The van der Waals surface area contributed by atoms with E-state index in [9.17, 15) is 18.8 Å². The molecule has 0 radical (unpaired) electrons. The summed E-state index contributed by atoms with van der Waals surface area (Å²) in [6.07, 6.45) is 0.154. The molecule has 0 spiro atoms. The molecule has 35 heavy (non-hydrogen) atoms. The molecule has 180 valence electrons. The van der Waals surface area contributed by atoms with Gasteiger partial charge in [-0.2, -0.15) is 0 Å². The molecular formula is C27H26FN3O4. The number of amides is 3. The molecule has 3 amide bonds.